The van der Waals surface area contributed by atoms with Gasteiger partial charge in [0.2, 0.25) is 4.96 Å². The smallest absolute Gasteiger partial charge is 0.275 e. The molecule has 0 spiro atoms. The second kappa shape index (κ2) is 5.47. The first-order valence-electron chi connectivity index (χ1n) is 6.78. The third-order valence-corrected chi connectivity index (χ3v) is 6.13. The van der Waals surface area contributed by atoms with Gasteiger partial charge in [0.1, 0.15) is 5.01 Å². The Balaban J connectivity index is 1.83. The first kappa shape index (κ1) is 14.6. The lowest BCUT2D eigenvalue weighted by Crippen LogP contribution is -2.40. The fraction of sp³-hybridized carbons (Fsp3) is 0.583. The molecule has 0 N–H and O–H groups in total. The van der Waals surface area contributed by atoms with E-state index < -0.39 is 9.84 Å². The molecule has 0 aromatic carbocycles. The Morgan fingerprint density at radius 3 is 2.71 bits per heavy atom. The van der Waals surface area contributed by atoms with E-state index in [-0.39, 0.29) is 17.1 Å². The Kier molecular flexibility index (Phi) is 3.80. The van der Waals surface area contributed by atoms with E-state index in [0.717, 1.165) is 11.4 Å². The zero-order valence-corrected chi connectivity index (χ0v) is 13.3. The normalized spacial score (nSPS) is 19.1. The van der Waals surface area contributed by atoms with E-state index in [9.17, 15) is 13.2 Å². The van der Waals surface area contributed by atoms with Gasteiger partial charge in [-0.25, -0.2) is 13.4 Å². The quantitative estimate of drug-likeness (QED) is 0.785. The van der Waals surface area contributed by atoms with E-state index in [0.29, 0.717) is 30.3 Å². The molecular formula is C12H16N4O3S2. The van der Waals surface area contributed by atoms with Crippen LogP contribution in [0.2, 0.25) is 0 Å². The van der Waals surface area contributed by atoms with E-state index in [1.165, 1.54) is 21.9 Å². The summed E-state index contributed by atoms with van der Waals surface area (Å²) >= 11 is 1.41. The molecule has 21 heavy (non-hydrogen) atoms. The fourth-order valence-electron chi connectivity index (χ4n) is 2.26. The number of nitrogens with zero attached hydrogens (tertiary/aromatic N) is 4. The van der Waals surface area contributed by atoms with Gasteiger partial charge >= 0.3 is 0 Å². The molecule has 0 saturated carbocycles. The Morgan fingerprint density at radius 2 is 2.05 bits per heavy atom. The van der Waals surface area contributed by atoms with E-state index in [4.69, 9.17) is 0 Å². The average Bonchev–Trinajstić information content (AvgIpc) is 2.85. The molecule has 1 saturated heterocycles. The molecule has 1 aliphatic rings. The molecule has 1 fully saturated rings. The molecule has 0 aliphatic carbocycles. The minimum atomic E-state index is -2.89. The number of hydrogen-bond donors (Lipinski definition) is 0. The van der Waals surface area contributed by atoms with Crippen LogP contribution < -0.4 is 5.56 Å². The van der Waals surface area contributed by atoms with Gasteiger partial charge in [0.15, 0.2) is 9.84 Å². The van der Waals surface area contributed by atoms with Crippen molar-refractivity contribution < 1.29 is 8.42 Å². The zero-order valence-electron chi connectivity index (χ0n) is 11.7. The number of aryl methyl sites for hydroxylation is 1. The van der Waals surface area contributed by atoms with E-state index in [1.54, 1.807) is 0 Å². The molecule has 2 aromatic rings. The van der Waals surface area contributed by atoms with Crippen molar-refractivity contribution in [3.63, 3.8) is 0 Å². The maximum atomic E-state index is 12.0. The molecule has 2 aromatic heterocycles. The molecule has 0 atom stereocenters. The largest absolute Gasteiger partial charge is 0.295 e. The number of aromatic nitrogens is 3. The van der Waals surface area contributed by atoms with Gasteiger partial charge in [0.05, 0.1) is 17.2 Å². The topological polar surface area (TPSA) is 84.6 Å². The summed E-state index contributed by atoms with van der Waals surface area (Å²) in [4.78, 5) is 19.1. The lowest BCUT2D eigenvalue weighted by atomic mass is 10.3. The molecule has 3 heterocycles. The molecule has 0 bridgehead atoms. The zero-order chi connectivity index (χ0) is 15.0. The first-order valence-corrected chi connectivity index (χ1v) is 9.42. The number of sulfone groups is 1. The maximum Gasteiger partial charge on any atom is 0.275 e. The summed E-state index contributed by atoms with van der Waals surface area (Å²) in [6, 6.07) is 1.48. The van der Waals surface area contributed by atoms with E-state index in [2.05, 4.69) is 10.1 Å². The van der Waals surface area contributed by atoms with Crippen molar-refractivity contribution in [2.45, 2.75) is 19.9 Å². The minimum absolute atomic E-state index is 0.175. The van der Waals surface area contributed by atoms with Crippen molar-refractivity contribution >= 4 is 26.1 Å². The fourth-order valence-corrected chi connectivity index (χ4v) is 4.39. The molecule has 0 amide bonds. The molecular weight excluding hydrogens is 312 g/mol. The van der Waals surface area contributed by atoms with Crippen LogP contribution in [0.1, 0.15) is 17.6 Å². The summed E-state index contributed by atoms with van der Waals surface area (Å²) in [5, 5.41) is 5.08. The highest BCUT2D eigenvalue weighted by Crippen LogP contribution is 2.13. The number of hydrogen-bond acceptors (Lipinski definition) is 7. The second-order valence-electron chi connectivity index (χ2n) is 5.06. The molecule has 9 heteroatoms. The lowest BCUT2D eigenvalue weighted by Gasteiger charge is -2.25. The van der Waals surface area contributed by atoms with Gasteiger partial charge in [0.25, 0.3) is 5.56 Å². The molecule has 3 rings (SSSR count). The van der Waals surface area contributed by atoms with Crippen molar-refractivity contribution in [3.05, 3.63) is 27.1 Å². The summed E-state index contributed by atoms with van der Waals surface area (Å²) in [5.41, 5.74) is 0.487. The van der Waals surface area contributed by atoms with Crippen LogP contribution in [-0.2, 0) is 22.8 Å². The van der Waals surface area contributed by atoms with Crippen LogP contribution in [0.3, 0.4) is 0 Å². The maximum absolute atomic E-state index is 12.0. The van der Waals surface area contributed by atoms with Gasteiger partial charge in [-0.15, -0.1) is 0 Å². The molecule has 0 radical (unpaired) electrons. The van der Waals surface area contributed by atoms with Crippen LogP contribution in [0.5, 0.6) is 0 Å². The summed E-state index contributed by atoms with van der Waals surface area (Å²) in [7, 11) is -2.89. The predicted octanol–water partition coefficient (Wildman–Crippen LogP) is -0.0562. The van der Waals surface area contributed by atoms with E-state index >= 15 is 0 Å². The van der Waals surface area contributed by atoms with Crippen molar-refractivity contribution in [1.82, 2.24) is 19.5 Å². The molecule has 114 valence electrons. The number of rotatable bonds is 3. The average molecular weight is 328 g/mol. The van der Waals surface area contributed by atoms with Crippen LogP contribution in [0.15, 0.2) is 10.9 Å². The summed E-state index contributed by atoms with van der Waals surface area (Å²) in [6.07, 6.45) is 0.771. The van der Waals surface area contributed by atoms with Crippen LogP contribution >= 0.6 is 11.3 Å². The third-order valence-electron chi connectivity index (χ3n) is 3.47. The molecule has 1 aliphatic heterocycles. The highest BCUT2D eigenvalue weighted by molar-refractivity contribution is 7.91. The van der Waals surface area contributed by atoms with Gasteiger partial charge in [-0.1, -0.05) is 18.3 Å². The van der Waals surface area contributed by atoms with Crippen LogP contribution in [0, 0.1) is 0 Å². The summed E-state index contributed by atoms with van der Waals surface area (Å²) in [6.45, 7) is 3.47. The SMILES string of the molecule is CCc1nn2c(=O)cc(CN3CCS(=O)(=O)CC3)nc2s1. The molecule has 7 nitrogen and oxygen atoms in total. The Bertz CT molecular complexity index is 811. The highest BCUT2D eigenvalue weighted by Gasteiger charge is 2.22. The monoisotopic (exact) mass is 328 g/mol. The second-order valence-corrected chi connectivity index (χ2v) is 8.40. The van der Waals surface area contributed by atoms with Gasteiger partial charge in [-0.05, 0) is 6.42 Å². The highest BCUT2D eigenvalue weighted by atomic mass is 32.2. The van der Waals surface area contributed by atoms with Crippen molar-refractivity contribution in [2.75, 3.05) is 24.6 Å². The number of fused-ring (bicyclic) bond motifs is 1. The van der Waals surface area contributed by atoms with Gasteiger partial charge in [-0.2, -0.15) is 9.61 Å². The lowest BCUT2D eigenvalue weighted by molar-refractivity contribution is 0.284. The Morgan fingerprint density at radius 1 is 1.33 bits per heavy atom. The van der Waals surface area contributed by atoms with Crippen molar-refractivity contribution in [2.24, 2.45) is 0 Å². The van der Waals surface area contributed by atoms with Crippen LogP contribution in [-0.4, -0.2) is 52.5 Å². The third kappa shape index (κ3) is 3.14. The van der Waals surface area contributed by atoms with Crippen molar-refractivity contribution in [3.8, 4) is 0 Å². The van der Waals surface area contributed by atoms with Gasteiger partial charge in [0, 0.05) is 25.7 Å². The summed E-state index contributed by atoms with van der Waals surface area (Å²) < 4.78 is 24.1. The minimum Gasteiger partial charge on any atom is -0.295 e. The summed E-state index contributed by atoms with van der Waals surface area (Å²) in [5.74, 6) is 0.351. The van der Waals surface area contributed by atoms with Gasteiger partial charge in [-0.3, -0.25) is 9.69 Å². The molecule has 0 unspecified atom stereocenters. The standard InChI is InChI=1S/C12H16N4O3S2/c1-2-10-14-16-11(17)7-9(13-12(16)20-10)8-15-3-5-21(18,19)6-4-15/h7H,2-6,8H2,1H3. The van der Waals surface area contributed by atoms with Crippen LogP contribution in [0.4, 0.5) is 0 Å². The van der Waals surface area contributed by atoms with Crippen LogP contribution in [0.25, 0.3) is 4.96 Å². The first-order chi connectivity index (χ1) is 9.97. The Hall–Kier alpha value is -1.32. The Labute approximate surface area is 126 Å². The predicted molar refractivity (Wildman–Crippen MR) is 80.4 cm³/mol. The van der Waals surface area contributed by atoms with E-state index in [1.807, 2.05) is 11.8 Å². The van der Waals surface area contributed by atoms with Gasteiger partial charge < -0.3 is 0 Å². The van der Waals surface area contributed by atoms with Crippen molar-refractivity contribution in [1.29, 1.82) is 0 Å².